The Bertz CT molecular complexity index is 1140. The number of carbonyl (C=O) groups excluding carboxylic acids is 1. The molecule has 27 heavy (non-hydrogen) atoms. The molecule has 0 aliphatic carbocycles. The fourth-order valence-corrected chi connectivity index (χ4v) is 4.14. The third kappa shape index (κ3) is 3.22. The first-order valence-electron chi connectivity index (χ1n) is 7.99. The van der Waals surface area contributed by atoms with Crippen molar-refractivity contribution in [3.05, 3.63) is 76.8 Å². The Balaban J connectivity index is 1.74. The van der Waals surface area contributed by atoms with Crippen molar-refractivity contribution in [3.8, 4) is 0 Å². The minimum absolute atomic E-state index is 0.102. The van der Waals surface area contributed by atoms with Crippen LogP contribution >= 0.6 is 24.0 Å². The second-order valence-electron chi connectivity index (χ2n) is 5.79. The van der Waals surface area contributed by atoms with Crippen molar-refractivity contribution in [2.75, 3.05) is 4.90 Å². The normalized spacial score (nSPS) is 15.7. The molecule has 3 aromatic rings. The van der Waals surface area contributed by atoms with Crippen LogP contribution in [-0.2, 0) is 4.79 Å². The van der Waals surface area contributed by atoms with Crippen molar-refractivity contribution in [2.24, 2.45) is 0 Å². The molecule has 1 aliphatic heterocycles. The third-order valence-electron chi connectivity index (χ3n) is 4.11. The van der Waals surface area contributed by atoms with Gasteiger partial charge in [-0.05, 0) is 42.0 Å². The van der Waals surface area contributed by atoms with Crippen LogP contribution in [0.4, 0.5) is 5.69 Å². The van der Waals surface area contributed by atoms with E-state index >= 15 is 0 Å². The van der Waals surface area contributed by atoms with Gasteiger partial charge in [-0.25, -0.2) is 4.79 Å². The van der Waals surface area contributed by atoms with E-state index in [1.807, 2.05) is 30.3 Å². The standard InChI is InChI=1S/C20H12N2O3S2/c23-18-17(11-12-8-9-21-16-7-2-1-6-15(12)16)27-20(26)22(18)14-5-3-4-13(10-14)19(24)25/h1-11H,(H,24,25)/b17-11-. The number of rotatable bonds is 3. The van der Waals surface area contributed by atoms with E-state index in [1.54, 1.807) is 24.4 Å². The van der Waals surface area contributed by atoms with Crippen molar-refractivity contribution in [3.63, 3.8) is 0 Å². The maximum atomic E-state index is 12.9. The van der Waals surface area contributed by atoms with Crippen LogP contribution in [0, 0.1) is 0 Å². The summed E-state index contributed by atoms with van der Waals surface area (Å²) in [6.45, 7) is 0. The number of carboxylic acid groups (broad SMARTS) is 1. The van der Waals surface area contributed by atoms with E-state index in [2.05, 4.69) is 4.98 Å². The van der Waals surface area contributed by atoms with Crippen LogP contribution in [-0.4, -0.2) is 26.3 Å². The van der Waals surface area contributed by atoms with Crippen LogP contribution in [0.15, 0.2) is 65.7 Å². The summed E-state index contributed by atoms with van der Waals surface area (Å²) in [5, 5.41) is 10.1. The molecule has 2 heterocycles. The van der Waals surface area contributed by atoms with Crippen LogP contribution in [0.3, 0.4) is 0 Å². The fraction of sp³-hybridized carbons (Fsp3) is 0. The van der Waals surface area contributed by atoms with Gasteiger partial charge >= 0.3 is 5.97 Å². The average molecular weight is 392 g/mol. The molecular weight excluding hydrogens is 380 g/mol. The number of para-hydroxylation sites is 1. The molecule has 0 saturated carbocycles. The Morgan fingerprint density at radius 1 is 1.15 bits per heavy atom. The van der Waals surface area contributed by atoms with Gasteiger partial charge in [0.2, 0.25) is 0 Å². The Morgan fingerprint density at radius 2 is 1.96 bits per heavy atom. The number of hydrogen-bond donors (Lipinski definition) is 1. The highest BCUT2D eigenvalue weighted by Crippen LogP contribution is 2.36. The van der Waals surface area contributed by atoms with Gasteiger partial charge in [-0.15, -0.1) is 0 Å². The molecular formula is C20H12N2O3S2. The number of thioether (sulfide) groups is 1. The van der Waals surface area contributed by atoms with E-state index in [0.29, 0.717) is 14.9 Å². The van der Waals surface area contributed by atoms with Crippen molar-refractivity contribution in [1.29, 1.82) is 0 Å². The van der Waals surface area contributed by atoms with Gasteiger partial charge < -0.3 is 5.11 Å². The van der Waals surface area contributed by atoms with Crippen LogP contribution in [0.2, 0.25) is 0 Å². The van der Waals surface area contributed by atoms with E-state index in [0.717, 1.165) is 16.5 Å². The zero-order valence-electron chi connectivity index (χ0n) is 13.8. The topological polar surface area (TPSA) is 70.5 Å². The summed E-state index contributed by atoms with van der Waals surface area (Å²) in [5.41, 5.74) is 2.27. The second kappa shape index (κ2) is 6.94. The van der Waals surface area contributed by atoms with E-state index in [4.69, 9.17) is 12.2 Å². The predicted octanol–water partition coefficient (Wildman–Crippen LogP) is 4.34. The number of thiocarbonyl (C=S) groups is 1. The Hall–Kier alpha value is -3.03. The van der Waals surface area contributed by atoms with Gasteiger partial charge in [-0.3, -0.25) is 14.7 Å². The molecule has 1 amide bonds. The number of fused-ring (bicyclic) bond motifs is 1. The van der Waals surface area contributed by atoms with E-state index in [1.165, 1.54) is 28.8 Å². The molecule has 1 fully saturated rings. The second-order valence-corrected chi connectivity index (χ2v) is 7.47. The summed E-state index contributed by atoms with van der Waals surface area (Å²) >= 11 is 6.56. The number of carbonyl (C=O) groups is 2. The first kappa shape index (κ1) is 17.4. The van der Waals surface area contributed by atoms with Gasteiger partial charge in [-0.1, -0.05) is 48.2 Å². The summed E-state index contributed by atoms with van der Waals surface area (Å²) in [5.74, 6) is -1.32. The molecule has 1 aliphatic rings. The number of amides is 1. The zero-order chi connectivity index (χ0) is 19.0. The monoisotopic (exact) mass is 392 g/mol. The molecule has 1 saturated heterocycles. The molecule has 0 atom stereocenters. The third-order valence-corrected chi connectivity index (χ3v) is 5.42. The van der Waals surface area contributed by atoms with Crippen LogP contribution < -0.4 is 4.90 Å². The summed E-state index contributed by atoms with van der Waals surface area (Å²) in [4.78, 5) is 30.3. The SMILES string of the molecule is O=C(O)c1cccc(N2C(=O)/C(=C/c3ccnc4ccccc34)SC2=S)c1. The number of carboxylic acids is 1. The summed E-state index contributed by atoms with van der Waals surface area (Å²) < 4.78 is 0.368. The molecule has 0 radical (unpaired) electrons. The van der Waals surface area contributed by atoms with Gasteiger partial charge in [0.15, 0.2) is 4.32 Å². The largest absolute Gasteiger partial charge is 0.478 e. The average Bonchev–Trinajstić information content (AvgIpc) is 2.95. The van der Waals surface area contributed by atoms with Gasteiger partial charge in [0.05, 0.1) is 21.7 Å². The number of anilines is 1. The summed E-state index contributed by atoms with van der Waals surface area (Å²) in [6, 6.07) is 15.7. The lowest BCUT2D eigenvalue weighted by molar-refractivity contribution is -0.113. The van der Waals surface area contributed by atoms with Crippen molar-refractivity contribution in [2.45, 2.75) is 0 Å². The molecule has 0 bridgehead atoms. The van der Waals surface area contributed by atoms with Gasteiger partial charge in [0.1, 0.15) is 0 Å². The quantitative estimate of drug-likeness (QED) is 0.528. The Labute approximate surface area is 164 Å². The molecule has 2 aromatic carbocycles. The number of nitrogens with zero attached hydrogens (tertiary/aromatic N) is 2. The van der Waals surface area contributed by atoms with E-state index in [9.17, 15) is 14.7 Å². The van der Waals surface area contributed by atoms with E-state index in [-0.39, 0.29) is 11.5 Å². The number of hydrogen-bond acceptors (Lipinski definition) is 5. The Morgan fingerprint density at radius 3 is 2.78 bits per heavy atom. The Kier molecular flexibility index (Phi) is 4.47. The molecule has 7 heteroatoms. The molecule has 5 nitrogen and oxygen atoms in total. The summed E-state index contributed by atoms with van der Waals surface area (Å²) in [7, 11) is 0. The molecule has 4 rings (SSSR count). The van der Waals surface area contributed by atoms with Crippen molar-refractivity contribution < 1.29 is 14.7 Å². The fourth-order valence-electron chi connectivity index (χ4n) is 2.85. The highest BCUT2D eigenvalue weighted by Gasteiger charge is 2.33. The summed E-state index contributed by atoms with van der Waals surface area (Å²) in [6.07, 6.45) is 3.50. The van der Waals surface area contributed by atoms with Gasteiger partial charge in [0, 0.05) is 11.6 Å². The first-order valence-corrected chi connectivity index (χ1v) is 9.22. The minimum atomic E-state index is -1.05. The van der Waals surface area contributed by atoms with E-state index < -0.39 is 5.97 Å². The minimum Gasteiger partial charge on any atom is -0.478 e. The zero-order valence-corrected chi connectivity index (χ0v) is 15.5. The van der Waals surface area contributed by atoms with Crippen molar-refractivity contribution >= 4 is 62.8 Å². The maximum absolute atomic E-state index is 12.9. The number of pyridine rings is 1. The molecule has 0 unspecified atom stereocenters. The predicted molar refractivity (Wildman–Crippen MR) is 111 cm³/mol. The smallest absolute Gasteiger partial charge is 0.335 e. The maximum Gasteiger partial charge on any atom is 0.335 e. The van der Waals surface area contributed by atoms with Gasteiger partial charge in [0.25, 0.3) is 5.91 Å². The molecule has 1 N–H and O–H groups in total. The highest BCUT2D eigenvalue weighted by molar-refractivity contribution is 8.27. The number of benzene rings is 2. The lowest BCUT2D eigenvalue weighted by Gasteiger charge is -2.14. The van der Waals surface area contributed by atoms with Crippen LogP contribution in [0.25, 0.3) is 17.0 Å². The highest BCUT2D eigenvalue weighted by atomic mass is 32.2. The van der Waals surface area contributed by atoms with Gasteiger partial charge in [-0.2, -0.15) is 0 Å². The lowest BCUT2D eigenvalue weighted by atomic mass is 10.1. The van der Waals surface area contributed by atoms with Crippen LogP contribution in [0.1, 0.15) is 15.9 Å². The number of aromatic carboxylic acids is 1. The van der Waals surface area contributed by atoms with Crippen molar-refractivity contribution in [1.82, 2.24) is 4.98 Å². The molecule has 132 valence electrons. The molecule has 1 aromatic heterocycles. The lowest BCUT2D eigenvalue weighted by Crippen LogP contribution is -2.27. The first-order chi connectivity index (χ1) is 13.0. The van der Waals surface area contributed by atoms with Crippen LogP contribution in [0.5, 0.6) is 0 Å². The number of aromatic nitrogens is 1. The molecule has 0 spiro atoms.